The van der Waals surface area contributed by atoms with E-state index in [4.69, 9.17) is 9.47 Å². The van der Waals surface area contributed by atoms with Crippen molar-refractivity contribution in [2.24, 2.45) is 23.7 Å². The molecule has 2 saturated heterocycles. The highest BCUT2D eigenvalue weighted by molar-refractivity contribution is 6.22. The highest BCUT2D eigenvalue weighted by atomic mass is 16.5. The number of allylic oxidation sites excluding steroid dienone is 2. The zero-order chi connectivity index (χ0) is 24.7. The molecule has 0 bridgehead atoms. The number of anilines is 2. The van der Waals surface area contributed by atoms with Gasteiger partial charge in [0, 0.05) is 18.7 Å². The maximum Gasteiger partial charge on any atom is 0.316 e. The predicted molar refractivity (Wildman–Crippen MR) is 128 cm³/mol. The van der Waals surface area contributed by atoms with Crippen LogP contribution < -0.4 is 19.3 Å². The van der Waals surface area contributed by atoms with Gasteiger partial charge in [-0.15, -0.1) is 0 Å². The number of hydrogen-bond donors (Lipinski definition) is 0. The third-order valence-corrected chi connectivity index (χ3v) is 7.03. The Morgan fingerprint density at radius 1 is 0.914 bits per heavy atom. The quantitative estimate of drug-likeness (QED) is 0.286. The summed E-state index contributed by atoms with van der Waals surface area (Å²) in [6.07, 6.45) is 4.59. The van der Waals surface area contributed by atoms with Crippen LogP contribution in [0.1, 0.15) is 19.8 Å². The second kappa shape index (κ2) is 9.02. The van der Waals surface area contributed by atoms with Crippen molar-refractivity contribution in [3.8, 4) is 11.5 Å². The van der Waals surface area contributed by atoms with Gasteiger partial charge in [-0.1, -0.05) is 19.1 Å². The Bertz CT molecular complexity index is 1200. The predicted octanol–water partition coefficient (Wildman–Crippen LogP) is 3.36. The molecule has 5 rings (SSSR count). The maximum atomic E-state index is 13.0. The van der Waals surface area contributed by atoms with E-state index in [1.54, 1.807) is 60.5 Å². The third-order valence-electron chi connectivity index (χ3n) is 7.03. The monoisotopic (exact) mass is 474 g/mol. The molecule has 0 saturated carbocycles. The number of imide groups is 1. The van der Waals surface area contributed by atoms with Gasteiger partial charge in [0.25, 0.3) is 0 Å². The van der Waals surface area contributed by atoms with Crippen molar-refractivity contribution in [1.82, 2.24) is 0 Å². The molecule has 8 heteroatoms. The van der Waals surface area contributed by atoms with Gasteiger partial charge in [-0.25, -0.2) is 0 Å². The van der Waals surface area contributed by atoms with Crippen molar-refractivity contribution < 1.29 is 28.7 Å². The standard InChI is InChI=1S/C27H26N2O6/c1-16-4-3-5-22-24(16)26(32)29(25(22)31)19-8-12-21(13-9-19)35-27(33)17-14-23(30)28(15-17)18-6-10-20(34-2)11-7-18/h3-4,6-13,16-17,22,24H,5,14-15H2,1-2H3. The molecule has 0 aromatic heterocycles. The lowest BCUT2D eigenvalue weighted by Gasteiger charge is -2.22. The molecule has 3 amide bonds. The summed E-state index contributed by atoms with van der Waals surface area (Å²) in [7, 11) is 1.57. The average Bonchev–Trinajstić information content (AvgIpc) is 3.38. The van der Waals surface area contributed by atoms with Crippen molar-refractivity contribution in [2.75, 3.05) is 23.5 Å². The van der Waals surface area contributed by atoms with Crippen molar-refractivity contribution in [1.29, 1.82) is 0 Å². The minimum Gasteiger partial charge on any atom is -0.497 e. The van der Waals surface area contributed by atoms with E-state index < -0.39 is 11.9 Å². The molecule has 180 valence electrons. The Morgan fingerprint density at radius 3 is 2.23 bits per heavy atom. The van der Waals surface area contributed by atoms with Crippen LogP contribution in [0.2, 0.25) is 0 Å². The molecule has 0 radical (unpaired) electrons. The van der Waals surface area contributed by atoms with Crippen molar-refractivity contribution >= 4 is 35.1 Å². The Labute approximate surface area is 203 Å². The Balaban J connectivity index is 1.24. The fourth-order valence-corrected chi connectivity index (χ4v) is 5.14. The second-order valence-corrected chi connectivity index (χ2v) is 9.19. The first-order valence-electron chi connectivity index (χ1n) is 11.7. The molecule has 2 aliphatic heterocycles. The topological polar surface area (TPSA) is 93.2 Å². The molecule has 3 aliphatic rings. The van der Waals surface area contributed by atoms with Crippen LogP contribution in [-0.2, 0) is 19.2 Å². The van der Waals surface area contributed by atoms with Crippen molar-refractivity contribution in [3.63, 3.8) is 0 Å². The van der Waals surface area contributed by atoms with Gasteiger partial charge in [0.15, 0.2) is 0 Å². The fourth-order valence-electron chi connectivity index (χ4n) is 5.14. The highest BCUT2D eigenvalue weighted by Crippen LogP contribution is 2.40. The van der Waals surface area contributed by atoms with Gasteiger partial charge < -0.3 is 14.4 Å². The largest absolute Gasteiger partial charge is 0.497 e. The number of methoxy groups -OCH3 is 1. The van der Waals surface area contributed by atoms with Crippen LogP contribution in [0.5, 0.6) is 11.5 Å². The number of benzene rings is 2. The number of rotatable bonds is 5. The summed E-state index contributed by atoms with van der Waals surface area (Å²) in [5.74, 6) is -1.29. The smallest absolute Gasteiger partial charge is 0.316 e. The van der Waals surface area contributed by atoms with Crippen LogP contribution in [0.4, 0.5) is 11.4 Å². The minimum absolute atomic E-state index is 0.0158. The molecular weight excluding hydrogens is 448 g/mol. The molecule has 1 aliphatic carbocycles. The molecule has 2 fully saturated rings. The van der Waals surface area contributed by atoms with E-state index in [0.29, 0.717) is 29.3 Å². The minimum atomic E-state index is -0.594. The number of esters is 1. The lowest BCUT2D eigenvalue weighted by atomic mass is 9.78. The number of carbonyl (C=O) groups is 4. The van der Waals surface area contributed by atoms with Gasteiger partial charge in [0.2, 0.25) is 17.7 Å². The van der Waals surface area contributed by atoms with E-state index in [9.17, 15) is 19.2 Å². The first kappa shape index (κ1) is 22.8. The van der Waals surface area contributed by atoms with Gasteiger partial charge >= 0.3 is 5.97 Å². The van der Waals surface area contributed by atoms with E-state index in [1.807, 2.05) is 19.1 Å². The second-order valence-electron chi connectivity index (χ2n) is 9.19. The van der Waals surface area contributed by atoms with Gasteiger partial charge in [0.1, 0.15) is 11.5 Å². The van der Waals surface area contributed by atoms with Crippen molar-refractivity contribution in [2.45, 2.75) is 19.8 Å². The van der Waals surface area contributed by atoms with E-state index in [-0.39, 0.29) is 48.4 Å². The molecule has 8 nitrogen and oxygen atoms in total. The van der Waals surface area contributed by atoms with Crippen LogP contribution in [0.15, 0.2) is 60.7 Å². The zero-order valence-corrected chi connectivity index (χ0v) is 19.5. The SMILES string of the molecule is COc1ccc(N2CC(C(=O)Oc3ccc(N4C(=O)C5CC=CC(C)C5C4=O)cc3)CC2=O)cc1. The summed E-state index contributed by atoms with van der Waals surface area (Å²) in [5, 5.41) is 0. The molecule has 2 aromatic rings. The number of amides is 3. The van der Waals surface area contributed by atoms with Crippen LogP contribution in [0.3, 0.4) is 0 Å². The molecule has 0 spiro atoms. The Kier molecular flexibility index (Phi) is 5.88. The third kappa shape index (κ3) is 4.09. The summed E-state index contributed by atoms with van der Waals surface area (Å²) in [6.45, 7) is 2.18. The normalized spacial score (nSPS) is 25.7. The zero-order valence-electron chi connectivity index (χ0n) is 19.5. The summed E-state index contributed by atoms with van der Waals surface area (Å²) < 4.78 is 10.7. The molecule has 2 aromatic carbocycles. The summed E-state index contributed by atoms with van der Waals surface area (Å²) in [5.41, 5.74) is 1.16. The van der Waals surface area contributed by atoms with E-state index >= 15 is 0 Å². The highest BCUT2D eigenvalue weighted by Gasteiger charge is 2.50. The Morgan fingerprint density at radius 2 is 1.57 bits per heavy atom. The van der Waals surface area contributed by atoms with Gasteiger partial charge in [-0.3, -0.25) is 24.1 Å². The first-order valence-corrected chi connectivity index (χ1v) is 11.7. The molecule has 2 heterocycles. The van der Waals surface area contributed by atoms with Gasteiger partial charge in [0.05, 0.1) is 30.6 Å². The van der Waals surface area contributed by atoms with Crippen LogP contribution in [0.25, 0.3) is 0 Å². The van der Waals surface area contributed by atoms with Gasteiger partial charge in [-0.05, 0) is 60.9 Å². The molecule has 4 unspecified atom stereocenters. The number of carbonyl (C=O) groups excluding carboxylic acids is 4. The van der Waals surface area contributed by atoms with Crippen molar-refractivity contribution in [3.05, 3.63) is 60.7 Å². The first-order chi connectivity index (χ1) is 16.9. The van der Waals surface area contributed by atoms with E-state index in [1.165, 1.54) is 4.90 Å². The van der Waals surface area contributed by atoms with Crippen LogP contribution in [0, 0.1) is 23.7 Å². The van der Waals surface area contributed by atoms with E-state index in [2.05, 4.69) is 0 Å². The maximum absolute atomic E-state index is 13.0. The molecule has 4 atom stereocenters. The summed E-state index contributed by atoms with van der Waals surface area (Å²) in [4.78, 5) is 53.9. The lowest BCUT2D eigenvalue weighted by molar-refractivity contribution is -0.139. The molecule has 35 heavy (non-hydrogen) atoms. The number of hydrogen-bond acceptors (Lipinski definition) is 6. The Hall–Kier alpha value is -3.94. The number of fused-ring (bicyclic) bond motifs is 1. The number of nitrogens with zero attached hydrogens (tertiary/aromatic N) is 2. The van der Waals surface area contributed by atoms with Gasteiger partial charge in [-0.2, -0.15) is 0 Å². The summed E-state index contributed by atoms with van der Waals surface area (Å²) in [6, 6.07) is 13.4. The van der Waals surface area contributed by atoms with E-state index in [0.717, 1.165) is 0 Å². The molecule has 0 N–H and O–H groups in total. The fraction of sp³-hybridized carbons (Fsp3) is 0.333. The van der Waals surface area contributed by atoms with Crippen LogP contribution in [-0.4, -0.2) is 37.3 Å². The molecular formula is C27H26N2O6. The number of ether oxygens (including phenoxy) is 2. The van der Waals surface area contributed by atoms with Crippen LogP contribution >= 0.6 is 0 Å². The lowest BCUT2D eigenvalue weighted by Crippen LogP contribution is -2.31. The summed E-state index contributed by atoms with van der Waals surface area (Å²) >= 11 is 0. The average molecular weight is 475 g/mol.